The summed E-state index contributed by atoms with van der Waals surface area (Å²) in [6.45, 7) is 6.22. The Kier molecular flexibility index (Phi) is 4.89. The first-order valence-corrected chi connectivity index (χ1v) is 7.12. The molecule has 3 unspecified atom stereocenters. The standard InChI is InChI=1S/C16H24O4/c1-6-13-8-11(3)19-16(20-13)12-7-10(2)15(18-5)14(9-12)17-4/h7,9,11,13,16H,6,8H2,1-5H3. The number of ether oxygens (including phenoxy) is 4. The van der Waals surface area contributed by atoms with Crippen LogP contribution < -0.4 is 9.47 Å². The van der Waals surface area contributed by atoms with Crippen molar-refractivity contribution in [2.24, 2.45) is 0 Å². The highest BCUT2D eigenvalue weighted by Gasteiger charge is 2.28. The molecular formula is C16H24O4. The SMILES string of the molecule is CCC1CC(C)OC(c2cc(C)c(OC)c(OC)c2)O1. The Morgan fingerprint density at radius 1 is 1.20 bits per heavy atom. The van der Waals surface area contributed by atoms with Crippen LogP contribution >= 0.6 is 0 Å². The maximum atomic E-state index is 6.00. The van der Waals surface area contributed by atoms with E-state index in [0.29, 0.717) is 5.75 Å². The molecule has 1 aromatic carbocycles. The molecule has 112 valence electrons. The van der Waals surface area contributed by atoms with Crippen LogP contribution in [0.4, 0.5) is 0 Å². The monoisotopic (exact) mass is 280 g/mol. The van der Waals surface area contributed by atoms with Crippen LogP contribution in [0, 0.1) is 6.92 Å². The summed E-state index contributed by atoms with van der Waals surface area (Å²) in [5.41, 5.74) is 1.99. The minimum Gasteiger partial charge on any atom is -0.493 e. The molecule has 0 bridgehead atoms. The number of rotatable bonds is 4. The lowest BCUT2D eigenvalue weighted by atomic mass is 10.1. The predicted octanol–water partition coefficient (Wildman–Crippen LogP) is 3.61. The Balaban J connectivity index is 2.30. The number of benzene rings is 1. The van der Waals surface area contributed by atoms with Gasteiger partial charge < -0.3 is 18.9 Å². The molecule has 1 aliphatic heterocycles. The summed E-state index contributed by atoms with van der Waals surface area (Å²) >= 11 is 0. The molecule has 0 saturated carbocycles. The van der Waals surface area contributed by atoms with Crippen LogP contribution in [0.3, 0.4) is 0 Å². The summed E-state index contributed by atoms with van der Waals surface area (Å²) < 4.78 is 22.7. The van der Waals surface area contributed by atoms with E-state index in [1.807, 2.05) is 19.1 Å². The van der Waals surface area contributed by atoms with Gasteiger partial charge in [0.05, 0.1) is 26.4 Å². The lowest BCUT2D eigenvalue weighted by Gasteiger charge is -2.34. The fourth-order valence-corrected chi connectivity index (χ4v) is 2.64. The molecule has 4 heteroatoms. The first-order chi connectivity index (χ1) is 9.58. The van der Waals surface area contributed by atoms with Gasteiger partial charge in [-0.05, 0) is 44.4 Å². The summed E-state index contributed by atoms with van der Waals surface area (Å²) in [4.78, 5) is 0. The Labute approximate surface area is 121 Å². The Morgan fingerprint density at radius 3 is 2.55 bits per heavy atom. The molecule has 3 atom stereocenters. The van der Waals surface area contributed by atoms with Crippen molar-refractivity contribution >= 4 is 0 Å². The van der Waals surface area contributed by atoms with Gasteiger partial charge in [-0.15, -0.1) is 0 Å². The van der Waals surface area contributed by atoms with Crippen LogP contribution in [0.1, 0.15) is 44.1 Å². The predicted molar refractivity (Wildman–Crippen MR) is 77.4 cm³/mol. The third-order valence-electron chi connectivity index (χ3n) is 3.68. The minimum absolute atomic E-state index is 0.201. The van der Waals surface area contributed by atoms with Crippen LogP contribution in [0.5, 0.6) is 11.5 Å². The van der Waals surface area contributed by atoms with Gasteiger partial charge in [-0.2, -0.15) is 0 Å². The maximum Gasteiger partial charge on any atom is 0.184 e. The van der Waals surface area contributed by atoms with Crippen LogP contribution in [-0.2, 0) is 9.47 Å². The lowest BCUT2D eigenvalue weighted by Crippen LogP contribution is -2.31. The summed E-state index contributed by atoms with van der Waals surface area (Å²) in [5, 5.41) is 0. The van der Waals surface area contributed by atoms with Crippen LogP contribution in [-0.4, -0.2) is 26.4 Å². The second kappa shape index (κ2) is 6.46. The lowest BCUT2D eigenvalue weighted by molar-refractivity contribution is -0.243. The van der Waals surface area contributed by atoms with Crippen LogP contribution in [0.2, 0.25) is 0 Å². The summed E-state index contributed by atoms with van der Waals surface area (Å²) in [7, 11) is 3.29. The number of methoxy groups -OCH3 is 2. The second-order valence-electron chi connectivity index (χ2n) is 5.25. The van der Waals surface area contributed by atoms with Gasteiger partial charge in [-0.25, -0.2) is 0 Å². The Hall–Kier alpha value is -1.26. The Bertz CT molecular complexity index is 458. The molecule has 1 aromatic rings. The van der Waals surface area contributed by atoms with Crippen LogP contribution in [0.15, 0.2) is 12.1 Å². The van der Waals surface area contributed by atoms with E-state index in [4.69, 9.17) is 18.9 Å². The highest BCUT2D eigenvalue weighted by Crippen LogP contribution is 2.38. The van der Waals surface area contributed by atoms with Crippen molar-refractivity contribution in [2.75, 3.05) is 14.2 Å². The Morgan fingerprint density at radius 2 is 1.95 bits per heavy atom. The first kappa shape index (κ1) is 15.1. The highest BCUT2D eigenvalue weighted by atomic mass is 16.7. The van der Waals surface area contributed by atoms with Gasteiger partial charge >= 0.3 is 0 Å². The normalized spacial score (nSPS) is 26.4. The summed E-state index contributed by atoms with van der Waals surface area (Å²) in [5.74, 6) is 1.47. The molecule has 4 nitrogen and oxygen atoms in total. The van der Waals surface area contributed by atoms with Crippen molar-refractivity contribution in [2.45, 2.75) is 52.1 Å². The van der Waals surface area contributed by atoms with Gasteiger partial charge in [-0.3, -0.25) is 0 Å². The van der Waals surface area contributed by atoms with Gasteiger partial charge in [0.25, 0.3) is 0 Å². The summed E-state index contributed by atoms with van der Waals surface area (Å²) in [6.07, 6.45) is 2.06. The molecular weight excluding hydrogens is 256 g/mol. The zero-order valence-electron chi connectivity index (χ0n) is 12.9. The van der Waals surface area contributed by atoms with Crippen molar-refractivity contribution in [1.29, 1.82) is 0 Å². The first-order valence-electron chi connectivity index (χ1n) is 7.12. The van der Waals surface area contributed by atoms with E-state index in [1.54, 1.807) is 14.2 Å². The second-order valence-corrected chi connectivity index (χ2v) is 5.25. The van der Waals surface area contributed by atoms with E-state index in [2.05, 4.69) is 13.8 Å². The summed E-state index contributed by atoms with van der Waals surface area (Å²) in [6, 6.07) is 3.97. The molecule has 0 aliphatic carbocycles. The largest absolute Gasteiger partial charge is 0.493 e. The average molecular weight is 280 g/mol. The molecule has 0 spiro atoms. The number of aryl methyl sites for hydroxylation is 1. The molecule has 0 radical (unpaired) electrons. The third kappa shape index (κ3) is 3.07. The van der Waals surface area contributed by atoms with E-state index in [1.165, 1.54) is 0 Å². The molecule has 0 N–H and O–H groups in total. The minimum atomic E-state index is -0.331. The smallest absolute Gasteiger partial charge is 0.184 e. The highest BCUT2D eigenvalue weighted by molar-refractivity contribution is 5.49. The van der Waals surface area contributed by atoms with E-state index >= 15 is 0 Å². The van der Waals surface area contributed by atoms with Crippen LogP contribution in [0.25, 0.3) is 0 Å². The third-order valence-corrected chi connectivity index (χ3v) is 3.68. The zero-order chi connectivity index (χ0) is 14.7. The van der Waals surface area contributed by atoms with Crippen molar-refractivity contribution < 1.29 is 18.9 Å². The fourth-order valence-electron chi connectivity index (χ4n) is 2.64. The van der Waals surface area contributed by atoms with Crippen molar-refractivity contribution in [3.63, 3.8) is 0 Å². The quantitative estimate of drug-likeness (QED) is 0.844. The number of hydrogen-bond donors (Lipinski definition) is 0. The van der Waals surface area contributed by atoms with E-state index in [9.17, 15) is 0 Å². The van der Waals surface area contributed by atoms with Gasteiger partial charge in [-0.1, -0.05) is 6.92 Å². The molecule has 2 rings (SSSR count). The van der Waals surface area contributed by atoms with E-state index in [0.717, 1.165) is 29.7 Å². The molecule has 20 heavy (non-hydrogen) atoms. The number of hydrogen-bond acceptors (Lipinski definition) is 4. The van der Waals surface area contributed by atoms with Gasteiger partial charge in [0, 0.05) is 5.56 Å². The molecule has 1 heterocycles. The van der Waals surface area contributed by atoms with Gasteiger partial charge in [0.2, 0.25) is 0 Å². The zero-order valence-corrected chi connectivity index (χ0v) is 12.9. The van der Waals surface area contributed by atoms with Crippen molar-refractivity contribution in [3.05, 3.63) is 23.3 Å². The molecule has 1 aliphatic rings. The van der Waals surface area contributed by atoms with Gasteiger partial charge in [0.1, 0.15) is 0 Å². The average Bonchev–Trinajstić information content (AvgIpc) is 2.45. The molecule has 1 fully saturated rings. The van der Waals surface area contributed by atoms with Crippen molar-refractivity contribution in [1.82, 2.24) is 0 Å². The topological polar surface area (TPSA) is 36.9 Å². The van der Waals surface area contributed by atoms with Crippen molar-refractivity contribution in [3.8, 4) is 11.5 Å². The molecule has 1 saturated heterocycles. The molecule has 0 amide bonds. The molecule has 0 aromatic heterocycles. The fraction of sp³-hybridized carbons (Fsp3) is 0.625. The van der Waals surface area contributed by atoms with Gasteiger partial charge in [0.15, 0.2) is 17.8 Å². The van der Waals surface area contributed by atoms with E-state index in [-0.39, 0.29) is 18.5 Å². The maximum absolute atomic E-state index is 6.00. The van der Waals surface area contributed by atoms with E-state index < -0.39 is 0 Å².